The van der Waals surface area contributed by atoms with Crippen molar-refractivity contribution in [3.8, 4) is 0 Å². The summed E-state index contributed by atoms with van der Waals surface area (Å²) in [5.74, 6) is 0. The third-order valence-corrected chi connectivity index (χ3v) is 2.78. The number of hydrogen-bond donors (Lipinski definition) is 1. The van der Waals surface area contributed by atoms with Crippen LogP contribution >= 0.6 is 15.9 Å². The highest BCUT2D eigenvalue weighted by Crippen LogP contribution is 2.29. The van der Waals surface area contributed by atoms with E-state index in [1.54, 1.807) is 0 Å². The standard InChI is InChI=1S/C9H9BrO2/c10-8-3-1-2-6-7(8)4-12-5-9(6)11/h1-3,9,11H,4-5H2. The van der Waals surface area contributed by atoms with Gasteiger partial charge in [-0.2, -0.15) is 0 Å². The zero-order chi connectivity index (χ0) is 8.55. The van der Waals surface area contributed by atoms with Crippen molar-refractivity contribution < 1.29 is 9.84 Å². The van der Waals surface area contributed by atoms with Crippen LogP contribution in [0.15, 0.2) is 22.7 Å². The molecule has 0 aliphatic carbocycles. The third kappa shape index (κ3) is 1.28. The van der Waals surface area contributed by atoms with Gasteiger partial charge in [-0.3, -0.25) is 0 Å². The van der Waals surface area contributed by atoms with E-state index in [1.807, 2.05) is 18.2 Å². The quantitative estimate of drug-likeness (QED) is 0.737. The van der Waals surface area contributed by atoms with Crippen LogP contribution in [-0.2, 0) is 11.3 Å². The maximum Gasteiger partial charge on any atom is 0.103 e. The van der Waals surface area contributed by atoms with Crippen LogP contribution in [0.25, 0.3) is 0 Å². The molecule has 3 heteroatoms. The molecule has 1 heterocycles. The van der Waals surface area contributed by atoms with Gasteiger partial charge in [-0.05, 0) is 17.2 Å². The molecule has 1 aromatic carbocycles. The highest BCUT2D eigenvalue weighted by Gasteiger charge is 2.19. The lowest BCUT2D eigenvalue weighted by molar-refractivity contribution is 0.00945. The van der Waals surface area contributed by atoms with Gasteiger partial charge >= 0.3 is 0 Å². The Morgan fingerprint density at radius 1 is 1.50 bits per heavy atom. The number of aliphatic hydroxyl groups excluding tert-OH is 1. The van der Waals surface area contributed by atoms with Gasteiger partial charge in [0, 0.05) is 4.47 Å². The largest absolute Gasteiger partial charge is 0.386 e. The average molecular weight is 229 g/mol. The van der Waals surface area contributed by atoms with Crippen LogP contribution in [0.5, 0.6) is 0 Å². The molecule has 12 heavy (non-hydrogen) atoms. The van der Waals surface area contributed by atoms with Gasteiger partial charge in [0.1, 0.15) is 6.10 Å². The average Bonchev–Trinajstić information content (AvgIpc) is 2.07. The molecule has 0 fully saturated rings. The summed E-state index contributed by atoms with van der Waals surface area (Å²) in [6.45, 7) is 0.997. The molecule has 0 bridgehead atoms. The molecule has 0 radical (unpaired) electrons. The van der Waals surface area contributed by atoms with Crippen molar-refractivity contribution >= 4 is 15.9 Å². The second-order valence-corrected chi connectivity index (χ2v) is 3.69. The lowest BCUT2D eigenvalue weighted by Crippen LogP contribution is -2.16. The van der Waals surface area contributed by atoms with E-state index >= 15 is 0 Å². The van der Waals surface area contributed by atoms with Crippen molar-refractivity contribution in [1.82, 2.24) is 0 Å². The molecule has 1 atom stereocenters. The van der Waals surface area contributed by atoms with E-state index in [0.29, 0.717) is 13.2 Å². The number of ether oxygens (including phenoxy) is 1. The van der Waals surface area contributed by atoms with E-state index in [-0.39, 0.29) is 0 Å². The Morgan fingerprint density at radius 2 is 2.33 bits per heavy atom. The van der Waals surface area contributed by atoms with Crippen LogP contribution < -0.4 is 0 Å². The molecule has 0 aromatic heterocycles. The molecule has 0 amide bonds. The van der Waals surface area contributed by atoms with Crippen LogP contribution in [0.1, 0.15) is 17.2 Å². The Kier molecular flexibility index (Phi) is 2.17. The lowest BCUT2D eigenvalue weighted by atomic mass is 10.0. The molecule has 64 valence electrons. The van der Waals surface area contributed by atoms with Crippen LogP contribution in [0.4, 0.5) is 0 Å². The van der Waals surface area contributed by atoms with Crippen LogP contribution in [0.2, 0.25) is 0 Å². The molecular formula is C9H9BrO2. The first-order valence-electron chi connectivity index (χ1n) is 3.82. The second-order valence-electron chi connectivity index (χ2n) is 2.84. The van der Waals surface area contributed by atoms with Crippen molar-refractivity contribution in [3.63, 3.8) is 0 Å². The predicted octanol–water partition coefficient (Wildman–Crippen LogP) is 2.01. The van der Waals surface area contributed by atoms with Crippen molar-refractivity contribution in [2.75, 3.05) is 6.61 Å². The highest BCUT2D eigenvalue weighted by molar-refractivity contribution is 9.10. The van der Waals surface area contributed by atoms with Gasteiger partial charge in [0.2, 0.25) is 0 Å². The van der Waals surface area contributed by atoms with Crippen molar-refractivity contribution in [3.05, 3.63) is 33.8 Å². The zero-order valence-corrected chi connectivity index (χ0v) is 8.04. The maximum atomic E-state index is 9.54. The van der Waals surface area contributed by atoms with Crippen molar-refractivity contribution in [1.29, 1.82) is 0 Å². The van der Waals surface area contributed by atoms with Gasteiger partial charge in [0.05, 0.1) is 13.2 Å². The topological polar surface area (TPSA) is 29.5 Å². The maximum absolute atomic E-state index is 9.54. The van der Waals surface area contributed by atoms with Crippen molar-refractivity contribution in [2.45, 2.75) is 12.7 Å². The lowest BCUT2D eigenvalue weighted by Gasteiger charge is -2.22. The molecule has 0 saturated heterocycles. The molecule has 1 aromatic rings. The molecule has 1 aliphatic heterocycles. The van der Waals surface area contributed by atoms with Gasteiger partial charge in [-0.1, -0.05) is 28.1 Å². The van der Waals surface area contributed by atoms with E-state index in [2.05, 4.69) is 15.9 Å². The number of halogens is 1. The fraction of sp³-hybridized carbons (Fsp3) is 0.333. The molecule has 1 unspecified atom stereocenters. The van der Waals surface area contributed by atoms with E-state index in [9.17, 15) is 5.11 Å². The zero-order valence-electron chi connectivity index (χ0n) is 6.46. The van der Waals surface area contributed by atoms with Gasteiger partial charge < -0.3 is 9.84 Å². The molecule has 0 spiro atoms. The molecule has 1 N–H and O–H groups in total. The highest BCUT2D eigenvalue weighted by atomic mass is 79.9. The van der Waals surface area contributed by atoms with E-state index in [0.717, 1.165) is 15.6 Å². The van der Waals surface area contributed by atoms with Gasteiger partial charge in [0.25, 0.3) is 0 Å². The second kappa shape index (κ2) is 3.17. The SMILES string of the molecule is OC1COCc2c(Br)cccc21. The predicted molar refractivity (Wildman–Crippen MR) is 48.8 cm³/mol. The summed E-state index contributed by atoms with van der Waals surface area (Å²) in [4.78, 5) is 0. The summed E-state index contributed by atoms with van der Waals surface area (Å²) in [5, 5.41) is 9.54. The van der Waals surface area contributed by atoms with E-state index in [4.69, 9.17) is 4.74 Å². The van der Waals surface area contributed by atoms with E-state index in [1.165, 1.54) is 0 Å². The Hall–Kier alpha value is -0.380. The van der Waals surface area contributed by atoms with Crippen LogP contribution in [-0.4, -0.2) is 11.7 Å². The monoisotopic (exact) mass is 228 g/mol. The minimum Gasteiger partial charge on any atom is -0.386 e. The molecule has 1 aliphatic rings. The van der Waals surface area contributed by atoms with E-state index < -0.39 is 6.10 Å². The van der Waals surface area contributed by atoms with Gasteiger partial charge in [0.15, 0.2) is 0 Å². The summed E-state index contributed by atoms with van der Waals surface area (Å²) in [5.41, 5.74) is 2.05. The van der Waals surface area contributed by atoms with Crippen LogP contribution in [0.3, 0.4) is 0 Å². The summed E-state index contributed by atoms with van der Waals surface area (Å²) < 4.78 is 6.22. The van der Waals surface area contributed by atoms with Crippen LogP contribution in [0, 0.1) is 0 Å². The number of benzene rings is 1. The smallest absolute Gasteiger partial charge is 0.103 e. The molecule has 2 nitrogen and oxygen atoms in total. The molecule has 2 rings (SSSR count). The number of hydrogen-bond acceptors (Lipinski definition) is 2. The Balaban J connectivity index is 2.52. The normalized spacial score (nSPS) is 22.0. The fourth-order valence-corrected chi connectivity index (χ4v) is 1.90. The summed E-state index contributed by atoms with van der Waals surface area (Å²) >= 11 is 3.42. The molecule has 0 saturated carbocycles. The first kappa shape index (κ1) is 8.23. The third-order valence-electron chi connectivity index (χ3n) is 2.04. The number of aliphatic hydroxyl groups is 1. The van der Waals surface area contributed by atoms with Gasteiger partial charge in [-0.15, -0.1) is 0 Å². The Morgan fingerprint density at radius 3 is 3.08 bits per heavy atom. The molecular weight excluding hydrogens is 220 g/mol. The minimum atomic E-state index is -0.466. The summed E-state index contributed by atoms with van der Waals surface area (Å²) in [7, 11) is 0. The fourth-order valence-electron chi connectivity index (χ4n) is 1.40. The first-order chi connectivity index (χ1) is 5.79. The Labute approximate surface area is 79.3 Å². The van der Waals surface area contributed by atoms with Crippen molar-refractivity contribution in [2.24, 2.45) is 0 Å². The number of fused-ring (bicyclic) bond motifs is 1. The summed E-state index contributed by atoms with van der Waals surface area (Å²) in [6, 6.07) is 5.82. The summed E-state index contributed by atoms with van der Waals surface area (Å²) in [6.07, 6.45) is -0.466. The Bertz CT molecular complexity index is 299. The van der Waals surface area contributed by atoms with Gasteiger partial charge in [-0.25, -0.2) is 0 Å². The first-order valence-corrected chi connectivity index (χ1v) is 4.61. The minimum absolute atomic E-state index is 0.406. The number of rotatable bonds is 0.